The zero-order valence-corrected chi connectivity index (χ0v) is 17.9. The minimum Gasteiger partial charge on any atom is -0.393 e. The lowest BCUT2D eigenvalue weighted by Gasteiger charge is -2.54. The number of aliphatic hydroxyl groups is 1. The van der Waals surface area contributed by atoms with E-state index in [0.717, 1.165) is 36.5 Å². The molecule has 0 heterocycles. The molecule has 0 aromatic rings. The van der Waals surface area contributed by atoms with Gasteiger partial charge < -0.3 is 5.11 Å². The number of hydrogen-bond acceptors (Lipinski definition) is 1. The molecule has 0 saturated heterocycles. The lowest BCUT2D eigenvalue weighted by Crippen LogP contribution is -2.44. The van der Waals surface area contributed by atoms with E-state index in [4.69, 9.17) is 0 Å². The maximum atomic E-state index is 10.2. The summed E-state index contributed by atoms with van der Waals surface area (Å²) in [4.78, 5) is 0. The Balaban J connectivity index is 1.41. The molecule has 5 aliphatic carbocycles. The van der Waals surface area contributed by atoms with Gasteiger partial charge in [0.2, 0.25) is 0 Å². The molecule has 0 radical (unpaired) electrons. The van der Waals surface area contributed by atoms with Gasteiger partial charge in [0, 0.05) is 0 Å². The summed E-state index contributed by atoms with van der Waals surface area (Å²) in [6.45, 7) is 7.74. The van der Waals surface area contributed by atoms with Crippen LogP contribution in [0.2, 0.25) is 0 Å². The standard InChI is InChI=1S/C26H40O/c1-17(15-18-5-4-6-18)22-9-10-23-21-8-7-19-16-20(27)11-13-25(19,2)24(21)12-14-26(22,23)3/h10,17-20,22,27H,4-9,11-16H2,1-3H3/t17-,19+,20+,22-,25+,26-/m1/s1. The zero-order chi connectivity index (χ0) is 18.8. The lowest BCUT2D eigenvalue weighted by molar-refractivity contribution is 0.0222. The topological polar surface area (TPSA) is 20.2 Å². The van der Waals surface area contributed by atoms with Crippen molar-refractivity contribution < 1.29 is 5.11 Å². The van der Waals surface area contributed by atoms with Gasteiger partial charge in [0.25, 0.3) is 0 Å². The number of aliphatic hydroxyl groups excluding tert-OH is 1. The number of allylic oxidation sites excluding steroid dienone is 4. The molecule has 2 saturated carbocycles. The Labute approximate surface area is 166 Å². The highest BCUT2D eigenvalue weighted by atomic mass is 16.3. The highest BCUT2D eigenvalue weighted by Crippen LogP contribution is 2.64. The molecular formula is C26H40O. The molecule has 6 atom stereocenters. The first kappa shape index (κ1) is 18.5. The summed E-state index contributed by atoms with van der Waals surface area (Å²) in [5, 5.41) is 10.2. The van der Waals surface area contributed by atoms with Crippen LogP contribution in [-0.2, 0) is 0 Å². The third-order valence-corrected chi connectivity index (χ3v) is 10.1. The van der Waals surface area contributed by atoms with Crippen molar-refractivity contribution >= 4 is 0 Å². The van der Waals surface area contributed by atoms with Crippen LogP contribution >= 0.6 is 0 Å². The Morgan fingerprint density at radius 1 is 1.07 bits per heavy atom. The number of rotatable bonds is 3. The molecule has 0 amide bonds. The Kier molecular flexibility index (Phi) is 4.43. The van der Waals surface area contributed by atoms with Crippen molar-refractivity contribution in [3.05, 3.63) is 22.8 Å². The van der Waals surface area contributed by atoms with Gasteiger partial charge in [0.15, 0.2) is 0 Å². The Bertz CT molecular complexity index is 668. The summed E-state index contributed by atoms with van der Waals surface area (Å²) < 4.78 is 0. The molecular weight excluding hydrogens is 328 g/mol. The molecule has 0 aromatic carbocycles. The first-order valence-electron chi connectivity index (χ1n) is 12.0. The fourth-order valence-electron chi connectivity index (χ4n) is 8.15. The van der Waals surface area contributed by atoms with Gasteiger partial charge >= 0.3 is 0 Å². The average Bonchev–Trinajstić information content (AvgIpc) is 2.96. The fourth-order valence-corrected chi connectivity index (χ4v) is 8.15. The van der Waals surface area contributed by atoms with E-state index in [1.54, 1.807) is 11.1 Å². The molecule has 0 unspecified atom stereocenters. The van der Waals surface area contributed by atoms with E-state index in [-0.39, 0.29) is 6.10 Å². The second kappa shape index (κ2) is 6.48. The van der Waals surface area contributed by atoms with Crippen molar-refractivity contribution in [1.82, 2.24) is 0 Å². The Hall–Kier alpha value is -0.560. The second-order valence-electron chi connectivity index (χ2n) is 11.4. The highest BCUT2D eigenvalue weighted by Gasteiger charge is 2.53. The van der Waals surface area contributed by atoms with Crippen LogP contribution in [0.1, 0.15) is 97.8 Å². The summed E-state index contributed by atoms with van der Waals surface area (Å²) in [5.41, 5.74) is 6.21. The van der Waals surface area contributed by atoms with Gasteiger partial charge in [0.05, 0.1) is 6.10 Å². The van der Waals surface area contributed by atoms with Crippen LogP contribution in [0.3, 0.4) is 0 Å². The summed E-state index contributed by atoms with van der Waals surface area (Å²) >= 11 is 0. The predicted octanol–water partition coefficient (Wildman–Crippen LogP) is 6.82. The van der Waals surface area contributed by atoms with Gasteiger partial charge in [0.1, 0.15) is 0 Å². The van der Waals surface area contributed by atoms with Gasteiger partial charge in [-0.3, -0.25) is 0 Å². The van der Waals surface area contributed by atoms with E-state index >= 15 is 0 Å². The first-order valence-corrected chi connectivity index (χ1v) is 12.0. The van der Waals surface area contributed by atoms with Gasteiger partial charge in [-0.2, -0.15) is 0 Å². The largest absolute Gasteiger partial charge is 0.393 e. The lowest BCUT2D eigenvalue weighted by atomic mass is 9.51. The van der Waals surface area contributed by atoms with Gasteiger partial charge in [-0.25, -0.2) is 0 Å². The summed E-state index contributed by atoms with van der Waals surface area (Å²) in [5.74, 6) is 3.52. The van der Waals surface area contributed by atoms with Crippen LogP contribution < -0.4 is 0 Å². The highest BCUT2D eigenvalue weighted by molar-refractivity contribution is 5.49. The average molecular weight is 369 g/mol. The van der Waals surface area contributed by atoms with Crippen molar-refractivity contribution in [3.63, 3.8) is 0 Å². The Morgan fingerprint density at radius 3 is 2.63 bits per heavy atom. The van der Waals surface area contributed by atoms with Crippen LogP contribution in [0.5, 0.6) is 0 Å². The molecule has 1 N–H and O–H groups in total. The third kappa shape index (κ3) is 2.74. The maximum absolute atomic E-state index is 10.2. The molecule has 0 bridgehead atoms. The summed E-state index contributed by atoms with van der Waals surface area (Å²) in [6.07, 6.45) is 18.5. The molecule has 1 heteroatoms. The zero-order valence-electron chi connectivity index (χ0n) is 17.9. The first-order chi connectivity index (χ1) is 12.9. The molecule has 0 spiro atoms. The van der Waals surface area contributed by atoms with E-state index < -0.39 is 0 Å². The number of hydrogen-bond donors (Lipinski definition) is 1. The second-order valence-corrected chi connectivity index (χ2v) is 11.4. The minimum atomic E-state index is -0.0403. The van der Waals surface area contributed by atoms with Gasteiger partial charge in [-0.15, -0.1) is 0 Å². The summed E-state index contributed by atoms with van der Waals surface area (Å²) in [7, 11) is 0. The van der Waals surface area contributed by atoms with E-state index in [1.165, 1.54) is 64.2 Å². The van der Waals surface area contributed by atoms with Crippen LogP contribution in [0.15, 0.2) is 22.8 Å². The minimum absolute atomic E-state index is 0.0403. The van der Waals surface area contributed by atoms with Crippen molar-refractivity contribution in [2.24, 2.45) is 34.5 Å². The molecule has 150 valence electrons. The van der Waals surface area contributed by atoms with Crippen molar-refractivity contribution in [2.45, 2.75) is 104 Å². The molecule has 0 aliphatic heterocycles. The van der Waals surface area contributed by atoms with E-state index in [1.807, 2.05) is 5.57 Å². The molecule has 5 rings (SSSR count). The monoisotopic (exact) mass is 368 g/mol. The van der Waals surface area contributed by atoms with Crippen LogP contribution in [-0.4, -0.2) is 11.2 Å². The predicted molar refractivity (Wildman–Crippen MR) is 112 cm³/mol. The molecule has 5 aliphatic rings. The molecule has 1 nitrogen and oxygen atoms in total. The molecule has 27 heavy (non-hydrogen) atoms. The molecule has 0 aromatic heterocycles. The smallest absolute Gasteiger partial charge is 0.0543 e. The van der Waals surface area contributed by atoms with Crippen molar-refractivity contribution in [3.8, 4) is 0 Å². The normalized spacial score (nSPS) is 45.5. The van der Waals surface area contributed by atoms with E-state index in [0.29, 0.717) is 10.8 Å². The summed E-state index contributed by atoms with van der Waals surface area (Å²) in [6, 6.07) is 0. The SMILES string of the molecule is C[C@H](CC1CCC1)[C@H]1CC=C2C3=C(CC[C@@]21C)[C@@]1(C)CC[C@H](O)C[C@@H]1CC3. The van der Waals surface area contributed by atoms with E-state index in [9.17, 15) is 5.11 Å². The van der Waals surface area contributed by atoms with Crippen LogP contribution in [0.4, 0.5) is 0 Å². The van der Waals surface area contributed by atoms with Crippen molar-refractivity contribution in [2.75, 3.05) is 0 Å². The van der Waals surface area contributed by atoms with Crippen LogP contribution in [0.25, 0.3) is 0 Å². The quantitative estimate of drug-likeness (QED) is 0.579. The van der Waals surface area contributed by atoms with E-state index in [2.05, 4.69) is 26.8 Å². The maximum Gasteiger partial charge on any atom is 0.0543 e. The third-order valence-electron chi connectivity index (χ3n) is 10.1. The Morgan fingerprint density at radius 2 is 1.89 bits per heavy atom. The molecule has 2 fully saturated rings. The van der Waals surface area contributed by atoms with Gasteiger partial charge in [-0.05, 0) is 103 Å². The number of fused-ring (bicyclic) bond motifs is 4. The van der Waals surface area contributed by atoms with Crippen molar-refractivity contribution in [1.29, 1.82) is 0 Å². The fraction of sp³-hybridized carbons (Fsp3) is 0.846. The van der Waals surface area contributed by atoms with Crippen LogP contribution in [0, 0.1) is 34.5 Å². The van der Waals surface area contributed by atoms with Gasteiger partial charge in [-0.1, -0.05) is 51.7 Å².